The monoisotopic (exact) mass is 1420 g/mol. The predicted molar refractivity (Wildman–Crippen MR) is 339 cm³/mol. The molecule has 7 aromatic rings. The lowest BCUT2D eigenvalue weighted by Crippen LogP contribution is -2.52. The normalized spacial score (nSPS) is 19.1. The van der Waals surface area contributed by atoms with Crippen LogP contribution in [0.25, 0.3) is 0 Å². The molecule has 3 unspecified atom stereocenters. The molecule has 5 aliphatic heterocycles. The standard InChI is InChI=1S/C18H14BrN3O3.C18H15N3O3.C10H9BrClN3O2.C9H9BrO2.C9H10O2/c19-13-7-5-12(6-8-13)18(16(24)20-17(25)21-18)10-22-9-11-3-1-2-4-14(11)15(22)23;22-15-14-9-5-4-6-12(14)10-21(15)11-18(13-7-2-1-3-8-13)16(23)19-17(24)20-18;11-7-3-1-6(2-4-7)10(5-13-12)8(16)14-9(17)15-10;1-12-9(11)8-5-3-2-4-7(8)6-10;1-7-5-3-4-6-8(7)9(10)11-2/h1-8H,9-10H2,(H2,20,21,24,25);1-9H,10-11H2,(H2,19,20,23,24);1-4,13H,5H2,(H2,14,15,16,17);2-5H,6H2,1H3;3-6H,1-2H3. The molecule has 3 atom stereocenters. The molecule has 0 spiro atoms. The molecule has 25 heteroatoms. The van der Waals surface area contributed by atoms with E-state index in [1.807, 2.05) is 85.8 Å². The Morgan fingerprint density at radius 2 is 0.865 bits per heavy atom. The number of methoxy groups -OCH3 is 2. The summed E-state index contributed by atoms with van der Waals surface area (Å²) in [6, 6.07) is 51.0. The van der Waals surface area contributed by atoms with Crippen molar-refractivity contribution in [2.24, 2.45) is 0 Å². The molecule has 12 rings (SSSR count). The van der Waals surface area contributed by atoms with Crippen molar-refractivity contribution in [1.29, 1.82) is 0 Å². The summed E-state index contributed by atoms with van der Waals surface area (Å²) in [6.07, 6.45) is 0. The maximum absolute atomic E-state index is 12.7. The van der Waals surface area contributed by atoms with Crippen molar-refractivity contribution in [2.75, 3.05) is 33.9 Å². The quantitative estimate of drug-likeness (QED) is 0.0261. The van der Waals surface area contributed by atoms with Crippen LogP contribution in [0.2, 0.25) is 0 Å². The Labute approximate surface area is 541 Å². The van der Waals surface area contributed by atoms with Crippen LogP contribution in [-0.4, -0.2) is 103 Å². The van der Waals surface area contributed by atoms with Crippen LogP contribution in [0, 0.1) is 6.92 Å². The number of aryl methyl sites for hydroxylation is 1. The SMILES string of the molecule is COC(=O)c1ccccc1C.COC(=O)c1ccccc1CBr.O=C1NC(=O)C(CN2Cc3ccccc3C2=O)(c2ccc(Br)cc2)N1.O=C1NC(=O)C(CN2Cc3ccccc3C2=O)(c2ccccc2)N1.O=C1NC(=O)C(CNCl)(c2ccc(Br)cc2)N1. The van der Waals surface area contributed by atoms with E-state index in [1.165, 1.54) is 14.2 Å². The molecule has 0 aromatic heterocycles. The number of hydrogen-bond acceptors (Lipinski definition) is 13. The van der Waals surface area contributed by atoms with Crippen molar-refractivity contribution in [2.45, 2.75) is 42.0 Å². The van der Waals surface area contributed by atoms with Gasteiger partial charge in [-0.15, -0.1) is 0 Å². The molecular formula is C64H57Br3ClN9O12. The maximum atomic E-state index is 12.7. The first-order chi connectivity index (χ1) is 42.7. The smallest absolute Gasteiger partial charge is 0.338 e. The van der Waals surface area contributed by atoms with Gasteiger partial charge in [0.25, 0.3) is 29.5 Å². The minimum atomic E-state index is -1.30. The number of alkyl halides is 1. The molecule has 7 aromatic carbocycles. The minimum absolute atomic E-state index is 0.0692. The molecule has 0 saturated carbocycles. The second kappa shape index (κ2) is 29.3. The van der Waals surface area contributed by atoms with E-state index in [2.05, 4.69) is 94.0 Å². The molecule has 3 fully saturated rings. The first-order valence-corrected chi connectivity index (χ1v) is 30.2. The number of carbonyl (C=O) groups excluding carboxylic acids is 10. The van der Waals surface area contributed by atoms with Gasteiger partial charge in [-0.2, -0.15) is 0 Å². The van der Waals surface area contributed by atoms with Gasteiger partial charge in [0, 0.05) is 45.0 Å². The van der Waals surface area contributed by atoms with Crippen LogP contribution in [0.15, 0.2) is 185 Å². The molecule has 3 saturated heterocycles. The van der Waals surface area contributed by atoms with Gasteiger partial charge in [0.15, 0.2) is 16.6 Å². The molecule has 0 radical (unpaired) electrons. The number of urea groups is 3. The summed E-state index contributed by atoms with van der Waals surface area (Å²) in [7, 11) is 2.77. The Hall–Kier alpha value is -9.07. The summed E-state index contributed by atoms with van der Waals surface area (Å²) in [5, 5.41) is 15.5. The zero-order valence-corrected chi connectivity index (χ0v) is 53.3. The summed E-state index contributed by atoms with van der Waals surface area (Å²) in [6.45, 7) is 2.98. The highest BCUT2D eigenvalue weighted by molar-refractivity contribution is 9.10. The van der Waals surface area contributed by atoms with Gasteiger partial charge in [-0.3, -0.25) is 39.9 Å². The molecule has 7 N–H and O–H groups in total. The van der Waals surface area contributed by atoms with E-state index in [4.69, 9.17) is 11.8 Å². The van der Waals surface area contributed by atoms with E-state index in [9.17, 15) is 47.9 Å². The van der Waals surface area contributed by atoms with Gasteiger partial charge in [-0.1, -0.05) is 175 Å². The number of amides is 11. The first kappa shape index (κ1) is 65.9. The fourth-order valence-electron chi connectivity index (χ4n) is 10.3. The zero-order valence-electron chi connectivity index (χ0n) is 47.8. The fraction of sp³-hybridized carbons (Fsp3) is 0.188. The van der Waals surface area contributed by atoms with Crippen LogP contribution >= 0.6 is 59.6 Å². The second-order valence-corrected chi connectivity index (χ2v) is 23.0. The number of imide groups is 3. The van der Waals surface area contributed by atoms with Crippen LogP contribution in [-0.2, 0) is 58.9 Å². The summed E-state index contributed by atoms with van der Waals surface area (Å²) < 4.78 is 10.9. The van der Waals surface area contributed by atoms with Gasteiger partial charge in [-0.05, 0) is 106 Å². The molecule has 21 nitrogen and oxygen atoms in total. The number of benzene rings is 7. The van der Waals surface area contributed by atoms with Crippen LogP contribution in [0.3, 0.4) is 0 Å². The molecule has 458 valence electrons. The Balaban J connectivity index is 0.000000149. The number of hydrogen-bond donors (Lipinski definition) is 7. The predicted octanol–water partition coefficient (Wildman–Crippen LogP) is 8.89. The summed E-state index contributed by atoms with van der Waals surface area (Å²) in [5.74, 6) is -2.15. The minimum Gasteiger partial charge on any atom is -0.465 e. The third-order valence-electron chi connectivity index (χ3n) is 14.9. The number of ether oxygens (including phenoxy) is 2. The van der Waals surface area contributed by atoms with E-state index in [1.54, 1.807) is 107 Å². The average molecular weight is 1420 g/mol. The zero-order chi connectivity index (χ0) is 64.0. The average Bonchev–Trinajstić information content (AvgIpc) is 3.58. The largest absolute Gasteiger partial charge is 0.465 e. The van der Waals surface area contributed by atoms with Gasteiger partial charge in [0.2, 0.25) is 0 Å². The summed E-state index contributed by atoms with van der Waals surface area (Å²) in [5.41, 5.74) is 4.50. The lowest BCUT2D eigenvalue weighted by molar-refractivity contribution is -0.125. The Morgan fingerprint density at radius 3 is 1.27 bits per heavy atom. The Bertz CT molecular complexity index is 3870. The Morgan fingerprint density at radius 1 is 0.494 bits per heavy atom. The number of halogens is 4. The van der Waals surface area contributed by atoms with Crippen molar-refractivity contribution >= 4 is 119 Å². The lowest BCUT2D eigenvalue weighted by Gasteiger charge is -2.31. The van der Waals surface area contributed by atoms with E-state index < -0.39 is 52.4 Å². The van der Waals surface area contributed by atoms with Gasteiger partial charge in [0.1, 0.15) is 0 Å². The number of rotatable bonds is 12. The van der Waals surface area contributed by atoms with Crippen LogP contribution in [0.1, 0.15) is 80.4 Å². The highest BCUT2D eigenvalue weighted by Crippen LogP contribution is 2.34. The Kier molecular flexibility index (Phi) is 21.7. The molecular weight excluding hydrogens is 1360 g/mol. The van der Waals surface area contributed by atoms with Crippen LogP contribution < -0.4 is 36.7 Å². The van der Waals surface area contributed by atoms with Gasteiger partial charge >= 0.3 is 30.0 Å². The highest BCUT2D eigenvalue weighted by Gasteiger charge is 2.52. The number of carbonyl (C=O) groups is 10. The first-order valence-electron chi connectivity index (χ1n) is 27.2. The van der Waals surface area contributed by atoms with Crippen molar-refractivity contribution in [3.05, 3.63) is 246 Å². The van der Waals surface area contributed by atoms with Crippen molar-refractivity contribution < 1.29 is 57.4 Å². The second-order valence-electron chi connectivity index (χ2n) is 20.4. The number of esters is 2. The molecule has 0 aliphatic carbocycles. The number of nitrogens with one attached hydrogen (secondary N) is 7. The van der Waals surface area contributed by atoms with Gasteiger partial charge in [0.05, 0.1) is 38.4 Å². The molecule has 0 bridgehead atoms. The molecule has 5 heterocycles. The molecule has 5 aliphatic rings. The number of nitrogens with zero attached hydrogens (tertiary/aromatic N) is 2. The van der Waals surface area contributed by atoms with E-state index >= 15 is 0 Å². The van der Waals surface area contributed by atoms with E-state index in [0.29, 0.717) is 57.4 Å². The topological polar surface area (TPSA) is 280 Å². The van der Waals surface area contributed by atoms with Crippen molar-refractivity contribution in [3.8, 4) is 0 Å². The van der Waals surface area contributed by atoms with Crippen molar-refractivity contribution in [3.63, 3.8) is 0 Å². The highest BCUT2D eigenvalue weighted by atomic mass is 79.9. The summed E-state index contributed by atoms with van der Waals surface area (Å²) >= 11 is 15.4. The van der Waals surface area contributed by atoms with Crippen molar-refractivity contribution in [1.82, 2.24) is 46.5 Å². The van der Waals surface area contributed by atoms with Crippen LogP contribution in [0.5, 0.6) is 0 Å². The fourth-order valence-corrected chi connectivity index (χ4v) is 11.5. The molecule has 89 heavy (non-hydrogen) atoms. The molecule has 11 amide bonds. The third-order valence-corrected chi connectivity index (χ3v) is 16.7. The van der Waals surface area contributed by atoms with E-state index in [-0.39, 0.29) is 43.4 Å². The van der Waals surface area contributed by atoms with E-state index in [0.717, 1.165) is 31.2 Å². The van der Waals surface area contributed by atoms with Gasteiger partial charge < -0.3 is 35.2 Å². The van der Waals surface area contributed by atoms with Gasteiger partial charge in [-0.25, -0.2) is 28.8 Å². The number of fused-ring (bicyclic) bond motifs is 2. The third kappa shape index (κ3) is 14.8. The van der Waals surface area contributed by atoms with Crippen LogP contribution in [0.4, 0.5) is 14.4 Å². The summed E-state index contributed by atoms with van der Waals surface area (Å²) in [4.78, 5) is 125. The lowest BCUT2D eigenvalue weighted by atomic mass is 9.89. The maximum Gasteiger partial charge on any atom is 0.338 e.